The van der Waals surface area contributed by atoms with Gasteiger partial charge in [0.25, 0.3) is 0 Å². The molecule has 0 saturated carbocycles. The van der Waals surface area contributed by atoms with E-state index in [2.05, 4.69) is 73.3 Å². The number of anilines is 2. The Labute approximate surface area is 197 Å². The van der Waals surface area contributed by atoms with E-state index >= 15 is 0 Å². The zero-order chi connectivity index (χ0) is 23.5. The molecule has 1 aliphatic heterocycles. The topological polar surface area (TPSA) is 50.5 Å². The molecule has 0 aliphatic carbocycles. The maximum absolute atomic E-state index is 11.7. The quantitative estimate of drug-likeness (QED) is 0.512. The van der Waals surface area contributed by atoms with Crippen LogP contribution in [-0.2, 0) is 12.0 Å². The molecule has 1 N–H and O–H groups in total. The number of para-hydroxylation sites is 1. The Morgan fingerprint density at radius 2 is 1.64 bits per heavy atom. The predicted octanol–water partition coefficient (Wildman–Crippen LogP) is 5.74. The average molecular weight is 438 g/mol. The van der Waals surface area contributed by atoms with E-state index in [0.29, 0.717) is 13.0 Å². The van der Waals surface area contributed by atoms with Gasteiger partial charge in [0.1, 0.15) is 0 Å². The number of likely N-dealkylation sites (N-methyl/N-ethyl adjacent to an activating group) is 1. The summed E-state index contributed by atoms with van der Waals surface area (Å²) in [6.45, 7) is 5.60. The molecule has 0 aromatic heterocycles. The van der Waals surface area contributed by atoms with Crippen LogP contribution in [0, 0.1) is 11.3 Å². The molecule has 3 aromatic rings. The van der Waals surface area contributed by atoms with Crippen molar-refractivity contribution in [3.8, 4) is 6.07 Å². The highest BCUT2D eigenvalue weighted by Crippen LogP contribution is 2.50. The number of aliphatic hydroxyl groups is 1. The maximum atomic E-state index is 11.7. The number of nitrogens with zero attached hydrogens (tertiary/aromatic N) is 3. The van der Waals surface area contributed by atoms with Gasteiger partial charge in [-0.1, -0.05) is 80.6 Å². The lowest BCUT2D eigenvalue weighted by molar-refractivity contribution is 0.0348. The van der Waals surface area contributed by atoms with E-state index in [9.17, 15) is 5.11 Å². The van der Waals surface area contributed by atoms with Gasteiger partial charge in [0.05, 0.1) is 12.5 Å². The standard InChI is InChI=1S/C29H31N3O/c1-28(2)26-12-7-8-13-27(26)31(3)29(28,33)19-18-23-14-16-25(17-15-23)32(21-9-20-30)22-24-10-5-4-6-11-24/h4-8,10-19,33H,9,21-22H2,1-3H3/b19-18+. The summed E-state index contributed by atoms with van der Waals surface area (Å²) in [5.74, 6) is 0. The van der Waals surface area contributed by atoms with Crippen molar-refractivity contribution >= 4 is 17.5 Å². The van der Waals surface area contributed by atoms with Gasteiger partial charge in [0, 0.05) is 36.9 Å². The van der Waals surface area contributed by atoms with E-state index in [-0.39, 0.29) is 0 Å². The van der Waals surface area contributed by atoms with Gasteiger partial charge in [0.15, 0.2) is 5.72 Å². The Bertz CT molecular complexity index is 1160. The summed E-state index contributed by atoms with van der Waals surface area (Å²) in [7, 11) is 1.94. The van der Waals surface area contributed by atoms with Gasteiger partial charge in [-0.05, 0) is 41.0 Å². The fourth-order valence-electron chi connectivity index (χ4n) is 4.71. The van der Waals surface area contributed by atoms with Crippen LogP contribution in [0.5, 0.6) is 0 Å². The van der Waals surface area contributed by atoms with Gasteiger partial charge < -0.3 is 14.9 Å². The van der Waals surface area contributed by atoms with Crippen LogP contribution in [0.4, 0.5) is 11.4 Å². The smallest absolute Gasteiger partial charge is 0.166 e. The lowest BCUT2D eigenvalue weighted by Gasteiger charge is -2.39. The lowest BCUT2D eigenvalue weighted by atomic mass is 9.77. The van der Waals surface area contributed by atoms with Crippen molar-refractivity contribution in [1.29, 1.82) is 5.26 Å². The minimum absolute atomic E-state index is 0.446. The first-order chi connectivity index (χ1) is 15.9. The number of rotatable bonds is 7. The van der Waals surface area contributed by atoms with Crippen LogP contribution in [-0.4, -0.2) is 24.4 Å². The van der Waals surface area contributed by atoms with E-state index < -0.39 is 11.1 Å². The Balaban J connectivity index is 1.55. The van der Waals surface area contributed by atoms with Crippen molar-refractivity contribution < 1.29 is 5.11 Å². The molecule has 0 amide bonds. The molecule has 0 spiro atoms. The van der Waals surface area contributed by atoms with Crippen LogP contribution in [0.2, 0.25) is 0 Å². The third-order valence-electron chi connectivity index (χ3n) is 6.85. The summed E-state index contributed by atoms with van der Waals surface area (Å²) >= 11 is 0. The van der Waals surface area contributed by atoms with Gasteiger partial charge in [-0.15, -0.1) is 0 Å². The molecule has 3 aromatic carbocycles. The highest BCUT2D eigenvalue weighted by atomic mass is 16.3. The largest absolute Gasteiger partial charge is 0.366 e. The van der Waals surface area contributed by atoms with Gasteiger partial charge in [0.2, 0.25) is 0 Å². The second kappa shape index (κ2) is 9.13. The monoisotopic (exact) mass is 437 g/mol. The van der Waals surface area contributed by atoms with Crippen LogP contribution >= 0.6 is 0 Å². The van der Waals surface area contributed by atoms with Crippen LogP contribution in [0.25, 0.3) is 6.08 Å². The van der Waals surface area contributed by atoms with Gasteiger partial charge in [-0.2, -0.15) is 5.26 Å². The first-order valence-electron chi connectivity index (χ1n) is 11.4. The highest BCUT2D eigenvalue weighted by molar-refractivity contribution is 5.68. The number of nitriles is 1. The number of benzene rings is 3. The van der Waals surface area contributed by atoms with E-state index in [0.717, 1.165) is 29.0 Å². The molecule has 0 radical (unpaired) electrons. The highest BCUT2D eigenvalue weighted by Gasteiger charge is 2.53. The van der Waals surface area contributed by atoms with E-state index in [1.54, 1.807) is 0 Å². The first-order valence-corrected chi connectivity index (χ1v) is 11.4. The molecule has 0 bridgehead atoms. The molecular formula is C29H31N3O. The summed E-state index contributed by atoms with van der Waals surface area (Å²) in [5, 5.41) is 20.8. The summed E-state index contributed by atoms with van der Waals surface area (Å²) in [6, 6.07) is 29.0. The molecule has 4 nitrogen and oxygen atoms in total. The summed E-state index contributed by atoms with van der Waals surface area (Å²) in [5.41, 5.74) is 3.94. The SMILES string of the molecule is CN1c2ccccc2C(C)(C)C1(O)/C=C/c1ccc(N(CCC#N)Cc2ccccc2)cc1. The molecule has 1 unspecified atom stereocenters. The lowest BCUT2D eigenvalue weighted by Crippen LogP contribution is -2.52. The van der Waals surface area contributed by atoms with Crippen molar-refractivity contribution in [2.75, 3.05) is 23.4 Å². The Kier molecular flexibility index (Phi) is 6.26. The van der Waals surface area contributed by atoms with Crippen LogP contribution < -0.4 is 9.80 Å². The van der Waals surface area contributed by atoms with Gasteiger partial charge in [-0.3, -0.25) is 0 Å². The Morgan fingerprint density at radius 3 is 2.30 bits per heavy atom. The average Bonchev–Trinajstić information content (AvgIpc) is 2.99. The van der Waals surface area contributed by atoms with Crippen LogP contribution in [0.15, 0.2) is 84.9 Å². The van der Waals surface area contributed by atoms with Crippen LogP contribution in [0.3, 0.4) is 0 Å². The number of hydrogen-bond acceptors (Lipinski definition) is 4. The predicted molar refractivity (Wildman–Crippen MR) is 136 cm³/mol. The molecule has 1 aliphatic rings. The Hall–Kier alpha value is -3.55. The fourth-order valence-corrected chi connectivity index (χ4v) is 4.71. The minimum Gasteiger partial charge on any atom is -0.366 e. The minimum atomic E-state index is -1.12. The summed E-state index contributed by atoms with van der Waals surface area (Å²) < 4.78 is 0. The van der Waals surface area contributed by atoms with Crippen molar-refractivity contribution in [2.24, 2.45) is 0 Å². The van der Waals surface area contributed by atoms with Crippen molar-refractivity contribution in [3.63, 3.8) is 0 Å². The molecule has 168 valence electrons. The van der Waals surface area contributed by atoms with Crippen molar-refractivity contribution in [1.82, 2.24) is 0 Å². The molecular weight excluding hydrogens is 406 g/mol. The third-order valence-corrected chi connectivity index (χ3v) is 6.85. The zero-order valence-corrected chi connectivity index (χ0v) is 19.6. The zero-order valence-electron chi connectivity index (χ0n) is 19.6. The van der Waals surface area contributed by atoms with E-state index in [4.69, 9.17) is 5.26 Å². The van der Waals surface area contributed by atoms with Crippen molar-refractivity contribution in [3.05, 3.63) is 102 Å². The second-order valence-electron chi connectivity index (χ2n) is 9.17. The van der Waals surface area contributed by atoms with Crippen LogP contribution in [0.1, 0.15) is 37.0 Å². The molecule has 4 heteroatoms. The number of fused-ring (bicyclic) bond motifs is 1. The molecule has 1 heterocycles. The maximum Gasteiger partial charge on any atom is 0.166 e. The third kappa shape index (κ3) is 4.25. The van der Waals surface area contributed by atoms with E-state index in [1.807, 2.05) is 54.4 Å². The van der Waals surface area contributed by atoms with E-state index in [1.165, 1.54) is 5.56 Å². The van der Waals surface area contributed by atoms with Crippen molar-refractivity contribution in [2.45, 2.75) is 38.0 Å². The summed E-state index contributed by atoms with van der Waals surface area (Å²) in [6.07, 6.45) is 4.37. The molecule has 0 saturated heterocycles. The normalized spacial score (nSPS) is 18.8. The first kappa shape index (κ1) is 22.6. The fraction of sp³-hybridized carbons (Fsp3) is 0.276. The Morgan fingerprint density at radius 1 is 0.970 bits per heavy atom. The summed E-state index contributed by atoms with van der Waals surface area (Å²) in [4.78, 5) is 4.18. The second-order valence-corrected chi connectivity index (χ2v) is 9.17. The molecule has 33 heavy (non-hydrogen) atoms. The molecule has 4 rings (SSSR count). The molecule has 1 atom stereocenters. The van der Waals surface area contributed by atoms with Gasteiger partial charge in [-0.25, -0.2) is 0 Å². The molecule has 0 fully saturated rings. The van der Waals surface area contributed by atoms with Gasteiger partial charge >= 0.3 is 0 Å². The number of hydrogen-bond donors (Lipinski definition) is 1.